The minimum Gasteiger partial charge on any atom is -0.353 e. The molecule has 0 aliphatic carbocycles. The fourth-order valence-electron chi connectivity index (χ4n) is 2.66. The van der Waals surface area contributed by atoms with Gasteiger partial charge in [0, 0.05) is 11.1 Å². The van der Waals surface area contributed by atoms with Crippen molar-refractivity contribution in [1.82, 2.24) is 0 Å². The zero-order valence-corrected chi connectivity index (χ0v) is 19.4. The third-order valence-electron chi connectivity index (χ3n) is 4.23. The molecule has 4 nitrogen and oxygen atoms in total. The van der Waals surface area contributed by atoms with E-state index in [4.69, 9.17) is 28.6 Å². The molecular weight excluding hydrogens is 504 g/mol. The predicted molar refractivity (Wildman–Crippen MR) is 125 cm³/mol. The van der Waals surface area contributed by atoms with Crippen molar-refractivity contribution in [2.45, 2.75) is 11.1 Å². The average molecular weight is 519 g/mol. The largest absolute Gasteiger partial charge is 0.432 e. The monoisotopic (exact) mass is 518 g/mol. The first-order valence-corrected chi connectivity index (χ1v) is 12.3. The van der Waals surface area contributed by atoms with Crippen molar-refractivity contribution in [2.24, 2.45) is 0 Å². The molecule has 3 rings (SSSR count). The Labute approximate surface area is 196 Å². The number of halogens is 5. The minimum atomic E-state index is -4.84. The van der Waals surface area contributed by atoms with Crippen LogP contribution >= 0.6 is 34.5 Å². The summed E-state index contributed by atoms with van der Waals surface area (Å²) < 4.78 is 62.8. The van der Waals surface area contributed by atoms with Gasteiger partial charge in [-0.15, -0.1) is 11.3 Å². The van der Waals surface area contributed by atoms with E-state index in [-0.39, 0.29) is 26.3 Å². The highest BCUT2D eigenvalue weighted by Gasteiger charge is 2.33. The molecule has 0 unspecified atom stereocenters. The van der Waals surface area contributed by atoms with E-state index in [0.717, 1.165) is 17.6 Å². The van der Waals surface area contributed by atoms with E-state index < -0.39 is 21.7 Å². The van der Waals surface area contributed by atoms with E-state index in [1.807, 2.05) is 0 Å². The quantitative estimate of drug-likeness (QED) is 0.340. The Morgan fingerprint density at radius 1 is 1.09 bits per heavy atom. The normalized spacial score (nSPS) is 12.6. The second kappa shape index (κ2) is 9.27. The fourth-order valence-corrected chi connectivity index (χ4v) is 4.65. The summed E-state index contributed by atoms with van der Waals surface area (Å²) in [6, 6.07) is 14.1. The highest BCUT2D eigenvalue weighted by Crippen LogP contribution is 2.36. The predicted octanol–water partition coefficient (Wildman–Crippen LogP) is 7.16. The van der Waals surface area contributed by atoms with E-state index in [1.54, 1.807) is 36.4 Å². The van der Waals surface area contributed by atoms with Gasteiger partial charge in [-0.1, -0.05) is 41.4 Å². The molecule has 1 aromatic heterocycles. The summed E-state index contributed by atoms with van der Waals surface area (Å²) in [7, 11) is -3.42. The van der Waals surface area contributed by atoms with Gasteiger partial charge in [0.2, 0.25) is 0 Å². The van der Waals surface area contributed by atoms with E-state index in [1.165, 1.54) is 18.2 Å². The Balaban J connectivity index is 2.05. The second-order valence-electron chi connectivity index (χ2n) is 6.66. The molecule has 1 heterocycles. The first-order chi connectivity index (χ1) is 14.9. The van der Waals surface area contributed by atoms with Crippen molar-refractivity contribution in [3.05, 3.63) is 75.6 Å². The third-order valence-corrected chi connectivity index (χ3v) is 7.33. The Hall–Kier alpha value is -2.33. The van der Waals surface area contributed by atoms with Gasteiger partial charge in [-0.3, -0.25) is 5.41 Å². The van der Waals surface area contributed by atoms with Gasteiger partial charge < -0.3 is 5.32 Å². The molecule has 0 radical (unpaired) electrons. The van der Waals surface area contributed by atoms with Crippen LogP contribution in [0.3, 0.4) is 0 Å². The molecule has 3 aromatic rings. The van der Waals surface area contributed by atoms with Crippen LogP contribution in [0.1, 0.15) is 4.88 Å². The van der Waals surface area contributed by atoms with Gasteiger partial charge in [0.25, 0.3) is 0 Å². The van der Waals surface area contributed by atoms with E-state index in [9.17, 15) is 21.6 Å². The van der Waals surface area contributed by atoms with Crippen LogP contribution in [-0.2, 0) is 9.84 Å². The first-order valence-electron chi connectivity index (χ1n) is 8.85. The highest BCUT2D eigenvalue weighted by molar-refractivity contribution is 7.90. The lowest BCUT2D eigenvalue weighted by atomic mass is 10.2. The first kappa shape index (κ1) is 24.3. The SMILES string of the molecule is CS(=O)(=O)c1cccc(-c2ccc(/C(=C/C(=N)C(F)(F)F)Nc3cccc(Cl)c3Cl)s2)c1. The molecule has 0 spiro atoms. The molecule has 32 heavy (non-hydrogen) atoms. The number of hydrogen-bond acceptors (Lipinski definition) is 5. The van der Waals surface area contributed by atoms with Crippen LogP contribution in [-0.4, -0.2) is 26.6 Å². The van der Waals surface area contributed by atoms with E-state index >= 15 is 0 Å². The number of hydrogen-bond donors (Lipinski definition) is 2. The van der Waals surface area contributed by atoms with Crippen LogP contribution in [0.15, 0.2) is 65.6 Å². The van der Waals surface area contributed by atoms with E-state index in [0.29, 0.717) is 21.4 Å². The molecule has 2 aromatic carbocycles. The van der Waals surface area contributed by atoms with Crippen molar-refractivity contribution in [2.75, 3.05) is 11.6 Å². The standard InChI is InChI=1S/C21H15Cl2F3N2O2S2/c1-32(29,30)13-5-2-4-12(10-13)17-8-9-18(31-17)16(11-19(27)21(24,25)26)28-15-7-3-6-14(22)20(15)23/h2-11,27-28H,1H3/b16-11-,27-19?. The zero-order valence-electron chi connectivity index (χ0n) is 16.3. The summed E-state index contributed by atoms with van der Waals surface area (Å²) in [6.45, 7) is 0. The number of allylic oxidation sites excluding steroid dienone is 1. The number of benzene rings is 2. The molecule has 0 fully saturated rings. The molecule has 0 atom stereocenters. The van der Waals surface area contributed by atoms with Gasteiger partial charge in [0.1, 0.15) is 5.71 Å². The second-order valence-corrected chi connectivity index (χ2v) is 10.5. The molecule has 2 N–H and O–H groups in total. The van der Waals surface area contributed by atoms with Crippen molar-refractivity contribution >= 4 is 61.5 Å². The number of anilines is 1. The average Bonchev–Trinajstić information content (AvgIpc) is 3.19. The summed E-state index contributed by atoms with van der Waals surface area (Å²) in [5.74, 6) is 0. The molecule has 0 amide bonds. The number of thiophene rings is 1. The van der Waals surface area contributed by atoms with Crippen LogP contribution in [0.2, 0.25) is 10.0 Å². The maximum Gasteiger partial charge on any atom is 0.432 e. The highest BCUT2D eigenvalue weighted by atomic mass is 35.5. The van der Waals surface area contributed by atoms with Crippen molar-refractivity contribution in [3.8, 4) is 10.4 Å². The fraction of sp³-hybridized carbons (Fsp3) is 0.0952. The van der Waals surface area contributed by atoms with Crippen LogP contribution < -0.4 is 5.32 Å². The summed E-state index contributed by atoms with van der Waals surface area (Å²) >= 11 is 13.3. The van der Waals surface area contributed by atoms with Gasteiger partial charge in [-0.25, -0.2) is 8.42 Å². The van der Waals surface area contributed by atoms with Crippen molar-refractivity contribution in [3.63, 3.8) is 0 Å². The molecule has 11 heteroatoms. The number of alkyl halides is 3. The lowest BCUT2D eigenvalue weighted by Gasteiger charge is -2.13. The van der Waals surface area contributed by atoms with Crippen LogP contribution in [0, 0.1) is 5.41 Å². The number of sulfone groups is 1. The molecule has 0 saturated heterocycles. The maximum atomic E-state index is 13.0. The molecule has 0 aliphatic heterocycles. The maximum absolute atomic E-state index is 13.0. The third kappa shape index (κ3) is 5.72. The molecule has 0 saturated carbocycles. The molecule has 0 bridgehead atoms. The summed E-state index contributed by atoms with van der Waals surface area (Å²) in [4.78, 5) is 1.15. The number of rotatable bonds is 6. The van der Waals surface area contributed by atoms with Gasteiger partial charge in [-0.2, -0.15) is 13.2 Å². The smallest absolute Gasteiger partial charge is 0.353 e. The van der Waals surface area contributed by atoms with Crippen molar-refractivity contribution in [1.29, 1.82) is 5.41 Å². The molecule has 168 valence electrons. The Morgan fingerprint density at radius 2 is 1.78 bits per heavy atom. The lowest BCUT2D eigenvalue weighted by Crippen LogP contribution is -2.20. The van der Waals surface area contributed by atoms with Crippen LogP contribution in [0.25, 0.3) is 16.1 Å². The van der Waals surface area contributed by atoms with Crippen LogP contribution in [0.4, 0.5) is 18.9 Å². The summed E-state index contributed by atoms with van der Waals surface area (Å²) in [5.41, 5.74) is -0.691. The Morgan fingerprint density at radius 3 is 2.44 bits per heavy atom. The zero-order chi connectivity index (χ0) is 23.7. The van der Waals surface area contributed by atoms with Gasteiger partial charge >= 0.3 is 6.18 Å². The van der Waals surface area contributed by atoms with Gasteiger partial charge in [0.15, 0.2) is 9.84 Å². The topological polar surface area (TPSA) is 70.0 Å². The molecule has 0 aliphatic rings. The lowest BCUT2D eigenvalue weighted by molar-refractivity contribution is -0.0583. The van der Waals surface area contributed by atoms with Gasteiger partial charge in [-0.05, 0) is 48.0 Å². The summed E-state index contributed by atoms with van der Waals surface area (Å²) in [5, 5.41) is 10.5. The van der Waals surface area contributed by atoms with Crippen LogP contribution in [0.5, 0.6) is 0 Å². The Kier molecular flexibility index (Phi) is 7.04. The Bertz CT molecular complexity index is 1320. The number of nitrogens with one attached hydrogen (secondary N) is 2. The van der Waals surface area contributed by atoms with Gasteiger partial charge in [0.05, 0.1) is 31.2 Å². The minimum absolute atomic E-state index is 0.00740. The van der Waals surface area contributed by atoms with Crippen molar-refractivity contribution < 1.29 is 21.6 Å². The summed E-state index contributed by atoms with van der Waals surface area (Å²) in [6.07, 6.45) is -3.08. The molecular formula is C21H15Cl2F3N2O2S2. The van der Waals surface area contributed by atoms with E-state index in [2.05, 4.69) is 5.32 Å².